The molecular weight excluding hydrogens is 417 g/mol. The van der Waals surface area contributed by atoms with Crippen molar-refractivity contribution in [1.29, 1.82) is 0 Å². The molecule has 0 saturated carbocycles. The van der Waals surface area contributed by atoms with E-state index < -0.39 is 0 Å². The van der Waals surface area contributed by atoms with Crippen molar-refractivity contribution in [2.45, 2.75) is 25.1 Å². The van der Waals surface area contributed by atoms with Crippen molar-refractivity contribution in [3.63, 3.8) is 0 Å². The van der Waals surface area contributed by atoms with Crippen molar-refractivity contribution in [3.8, 4) is 0 Å². The Bertz CT molecular complexity index is 738. The summed E-state index contributed by atoms with van der Waals surface area (Å²) in [6, 6.07) is 12.9. The molecule has 1 saturated heterocycles. The van der Waals surface area contributed by atoms with Gasteiger partial charge < -0.3 is 15.4 Å². The molecule has 28 heavy (non-hydrogen) atoms. The fourth-order valence-electron chi connectivity index (χ4n) is 3.71. The van der Waals surface area contributed by atoms with E-state index in [9.17, 15) is 4.79 Å². The Morgan fingerprint density at radius 2 is 2.11 bits per heavy atom. The van der Waals surface area contributed by atoms with Crippen LogP contribution in [0.5, 0.6) is 0 Å². The third-order valence-electron chi connectivity index (χ3n) is 5.15. The van der Waals surface area contributed by atoms with Gasteiger partial charge in [0, 0.05) is 37.6 Å². The summed E-state index contributed by atoms with van der Waals surface area (Å²) < 4.78 is 5.57. The highest BCUT2D eigenvalue weighted by Gasteiger charge is 2.27. The average molecular weight is 444 g/mol. The Hall–Kier alpha value is -1.15. The highest BCUT2D eigenvalue weighted by atomic mass is 35.5. The first-order valence-corrected chi connectivity index (χ1v) is 10.1. The van der Waals surface area contributed by atoms with E-state index in [1.165, 1.54) is 16.0 Å². The Morgan fingerprint density at radius 3 is 2.86 bits per heavy atom. The summed E-state index contributed by atoms with van der Waals surface area (Å²) in [5.74, 6) is -0.0219. The molecule has 1 amide bonds. The number of ether oxygens (including phenoxy) is 1. The molecule has 0 bridgehead atoms. The van der Waals surface area contributed by atoms with E-state index in [1.807, 2.05) is 17.4 Å². The van der Waals surface area contributed by atoms with Crippen LogP contribution in [0.25, 0.3) is 0 Å². The summed E-state index contributed by atoms with van der Waals surface area (Å²) in [5, 5.41) is 8.52. The quantitative estimate of drug-likeness (QED) is 0.745. The first-order chi connectivity index (χ1) is 12.8. The molecule has 2 aromatic rings. The van der Waals surface area contributed by atoms with E-state index in [4.69, 9.17) is 4.74 Å². The fourth-order valence-corrected chi connectivity index (χ4v) is 4.60. The van der Waals surface area contributed by atoms with Crippen molar-refractivity contribution in [2.75, 3.05) is 32.8 Å². The van der Waals surface area contributed by atoms with Gasteiger partial charge in [0.1, 0.15) is 6.10 Å². The van der Waals surface area contributed by atoms with Crippen LogP contribution in [-0.2, 0) is 22.5 Å². The van der Waals surface area contributed by atoms with Gasteiger partial charge in [-0.05, 0) is 29.0 Å². The molecule has 0 aliphatic carbocycles. The van der Waals surface area contributed by atoms with E-state index in [2.05, 4.69) is 51.2 Å². The Labute approximate surface area is 182 Å². The minimum absolute atomic E-state index is 0. The summed E-state index contributed by atoms with van der Waals surface area (Å²) in [6.07, 6.45) is 0.699. The second kappa shape index (κ2) is 11.1. The molecule has 0 radical (unpaired) electrons. The number of amides is 1. The molecular formula is C20H27Cl2N3O2S. The van der Waals surface area contributed by atoms with Gasteiger partial charge in [-0.15, -0.1) is 36.2 Å². The van der Waals surface area contributed by atoms with Gasteiger partial charge in [0.15, 0.2) is 0 Å². The molecule has 3 heterocycles. The molecule has 0 spiro atoms. The minimum Gasteiger partial charge on any atom is -0.366 e. The summed E-state index contributed by atoms with van der Waals surface area (Å²) in [5.41, 5.74) is 2.67. The van der Waals surface area contributed by atoms with Crippen molar-refractivity contribution in [2.24, 2.45) is 0 Å². The van der Waals surface area contributed by atoms with Crippen molar-refractivity contribution < 1.29 is 9.53 Å². The van der Waals surface area contributed by atoms with Crippen LogP contribution in [0, 0.1) is 0 Å². The highest BCUT2D eigenvalue weighted by molar-refractivity contribution is 7.10. The van der Waals surface area contributed by atoms with Gasteiger partial charge in [-0.3, -0.25) is 9.69 Å². The number of hydrogen-bond donors (Lipinski definition) is 2. The molecule has 2 aliphatic heterocycles. The molecule has 5 nitrogen and oxygen atoms in total. The molecule has 1 aromatic carbocycles. The van der Waals surface area contributed by atoms with Crippen LogP contribution in [0.4, 0.5) is 0 Å². The topological polar surface area (TPSA) is 53.6 Å². The number of hydrogen-bond acceptors (Lipinski definition) is 5. The van der Waals surface area contributed by atoms with E-state index in [1.54, 1.807) is 0 Å². The zero-order valence-corrected chi connectivity index (χ0v) is 18.1. The lowest BCUT2D eigenvalue weighted by atomic mass is 10.0. The number of nitrogens with one attached hydrogen (secondary N) is 2. The van der Waals surface area contributed by atoms with Crippen LogP contribution in [0.15, 0.2) is 41.8 Å². The lowest BCUT2D eigenvalue weighted by Crippen LogP contribution is -2.49. The maximum Gasteiger partial charge on any atom is 0.250 e. The normalized spacial score (nSPS) is 20.2. The van der Waals surface area contributed by atoms with Crippen molar-refractivity contribution in [3.05, 3.63) is 57.8 Å². The minimum atomic E-state index is -0.384. The van der Waals surface area contributed by atoms with Crippen LogP contribution in [0.1, 0.15) is 22.0 Å². The van der Waals surface area contributed by atoms with Gasteiger partial charge in [0.25, 0.3) is 5.91 Å². The summed E-state index contributed by atoms with van der Waals surface area (Å²) in [7, 11) is 0. The van der Waals surface area contributed by atoms with E-state index in [0.717, 1.165) is 26.1 Å². The number of rotatable bonds is 5. The summed E-state index contributed by atoms with van der Waals surface area (Å²) in [4.78, 5) is 16.5. The molecule has 4 rings (SSSR count). The van der Waals surface area contributed by atoms with Gasteiger partial charge in [0.2, 0.25) is 0 Å². The molecule has 2 aliphatic rings. The smallest absolute Gasteiger partial charge is 0.250 e. The lowest BCUT2D eigenvalue weighted by molar-refractivity contribution is -0.134. The third kappa shape index (κ3) is 5.47. The molecule has 2 atom stereocenters. The Balaban J connectivity index is 0.00000140. The van der Waals surface area contributed by atoms with Crippen molar-refractivity contribution in [1.82, 2.24) is 15.5 Å². The predicted molar refractivity (Wildman–Crippen MR) is 118 cm³/mol. The number of fused-ring (bicyclic) bond motifs is 1. The maximum atomic E-state index is 12.5. The number of carbonyl (C=O) groups is 1. The number of carbonyl (C=O) groups excluding carboxylic acids is 1. The van der Waals surface area contributed by atoms with Gasteiger partial charge >= 0.3 is 0 Å². The van der Waals surface area contributed by atoms with E-state index >= 15 is 0 Å². The largest absolute Gasteiger partial charge is 0.366 e. The van der Waals surface area contributed by atoms with Crippen LogP contribution < -0.4 is 10.6 Å². The fraction of sp³-hybridized carbons (Fsp3) is 0.450. The zero-order valence-electron chi connectivity index (χ0n) is 15.6. The van der Waals surface area contributed by atoms with Gasteiger partial charge in [-0.1, -0.05) is 30.3 Å². The lowest BCUT2D eigenvalue weighted by Gasteiger charge is -2.35. The second-order valence-electron chi connectivity index (χ2n) is 6.82. The Morgan fingerprint density at radius 1 is 1.29 bits per heavy atom. The van der Waals surface area contributed by atoms with Gasteiger partial charge in [-0.25, -0.2) is 0 Å². The number of benzene rings is 1. The molecule has 2 N–H and O–H groups in total. The van der Waals surface area contributed by atoms with Crippen LogP contribution in [-0.4, -0.2) is 49.7 Å². The highest BCUT2D eigenvalue weighted by Crippen LogP contribution is 2.30. The summed E-state index contributed by atoms with van der Waals surface area (Å²) >= 11 is 1.85. The third-order valence-corrected chi connectivity index (χ3v) is 6.17. The second-order valence-corrected chi connectivity index (χ2v) is 7.83. The standard InChI is InChI=1S/C20H25N3O2S.2ClH/c24-20(18-13-21-8-10-25-18)22-12-17(15-4-2-1-3-5-15)23-9-6-19-16(14-23)7-11-26-19;;/h1-5,7,11,17-18,21H,6,8-10,12-14H2,(H,22,24);2*1H. The van der Waals surface area contributed by atoms with Crippen LogP contribution in [0.2, 0.25) is 0 Å². The first kappa shape index (κ1) is 23.1. The number of morpholine rings is 1. The molecule has 2 unspecified atom stereocenters. The van der Waals surface area contributed by atoms with Crippen LogP contribution >= 0.6 is 36.2 Å². The summed E-state index contributed by atoms with van der Waals surface area (Å²) in [6.45, 7) is 4.55. The molecule has 1 aromatic heterocycles. The monoisotopic (exact) mass is 443 g/mol. The zero-order chi connectivity index (χ0) is 17.8. The molecule has 154 valence electrons. The number of halogens is 2. The van der Waals surface area contributed by atoms with E-state index in [-0.39, 0.29) is 42.9 Å². The molecule has 1 fully saturated rings. The van der Waals surface area contributed by atoms with Gasteiger partial charge in [0.05, 0.1) is 12.6 Å². The first-order valence-electron chi connectivity index (χ1n) is 9.25. The van der Waals surface area contributed by atoms with Crippen LogP contribution in [0.3, 0.4) is 0 Å². The average Bonchev–Trinajstić information content (AvgIpc) is 3.17. The molecule has 8 heteroatoms. The Kier molecular flexibility index (Phi) is 9.21. The predicted octanol–water partition coefficient (Wildman–Crippen LogP) is 2.80. The maximum absolute atomic E-state index is 12.5. The number of thiophene rings is 1. The van der Waals surface area contributed by atoms with E-state index in [0.29, 0.717) is 19.7 Å². The van der Waals surface area contributed by atoms with Crippen molar-refractivity contribution >= 4 is 42.1 Å². The van der Waals surface area contributed by atoms with Gasteiger partial charge in [-0.2, -0.15) is 0 Å². The SMILES string of the molecule is Cl.Cl.O=C(NCC(c1ccccc1)N1CCc2sccc2C1)C1CNCCO1. The number of nitrogens with zero attached hydrogens (tertiary/aromatic N) is 1.